The van der Waals surface area contributed by atoms with Crippen LogP contribution in [0.4, 0.5) is 17.1 Å². The summed E-state index contributed by atoms with van der Waals surface area (Å²) < 4.78 is 2.38. The number of rotatable bonds is 6. The molecule has 2 heteroatoms. The van der Waals surface area contributed by atoms with Crippen molar-refractivity contribution < 1.29 is 0 Å². The minimum atomic E-state index is -0.429. The van der Waals surface area contributed by atoms with Crippen molar-refractivity contribution in [3.05, 3.63) is 265 Å². The van der Waals surface area contributed by atoms with Crippen LogP contribution >= 0.6 is 0 Å². The van der Waals surface area contributed by atoms with Gasteiger partial charge in [0.15, 0.2) is 0 Å². The summed E-state index contributed by atoms with van der Waals surface area (Å²) in [6.45, 7) is 0. The monoisotopic (exact) mass is 800 g/mol. The predicted molar refractivity (Wildman–Crippen MR) is 263 cm³/mol. The van der Waals surface area contributed by atoms with Crippen LogP contribution in [0.15, 0.2) is 243 Å². The van der Waals surface area contributed by atoms with Crippen molar-refractivity contribution in [2.75, 3.05) is 4.90 Å². The summed E-state index contributed by atoms with van der Waals surface area (Å²) in [4.78, 5) is 2.48. The quantitative estimate of drug-likeness (QED) is 0.163. The van der Waals surface area contributed by atoms with Crippen LogP contribution in [-0.2, 0) is 5.41 Å². The summed E-state index contributed by atoms with van der Waals surface area (Å²) in [5.41, 5.74) is 21.8. The van der Waals surface area contributed by atoms with E-state index in [1.165, 1.54) is 88.6 Å². The Hall–Kier alpha value is -8.20. The Bertz CT molecular complexity index is 3460. The highest BCUT2D eigenvalue weighted by atomic mass is 15.1. The fourth-order valence-electron chi connectivity index (χ4n) is 11.0. The Morgan fingerprint density at radius 3 is 1.44 bits per heavy atom. The highest BCUT2D eigenvalue weighted by molar-refractivity contribution is 6.09. The molecule has 294 valence electrons. The summed E-state index contributed by atoms with van der Waals surface area (Å²) in [6, 6.07) is 89.4. The van der Waals surface area contributed by atoms with Crippen LogP contribution in [0.25, 0.3) is 72.0 Å². The van der Waals surface area contributed by atoms with Crippen molar-refractivity contribution in [3.8, 4) is 50.2 Å². The van der Waals surface area contributed by atoms with Crippen molar-refractivity contribution in [2.24, 2.45) is 0 Å². The molecule has 2 aliphatic rings. The molecule has 0 aliphatic heterocycles. The lowest BCUT2D eigenvalue weighted by Crippen LogP contribution is -2.26. The van der Waals surface area contributed by atoms with E-state index >= 15 is 0 Å². The van der Waals surface area contributed by atoms with Gasteiger partial charge < -0.3 is 9.47 Å². The van der Waals surface area contributed by atoms with Gasteiger partial charge in [-0.1, -0.05) is 188 Å². The Balaban J connectivity index is 0.970. The van der Waals surface area contributed by atoms with Crippen LogP contribution in [0.5, 0.6) is 0 Å². The fraction of sp³-hybridized carbons (Fsp3) is 0.0164. The van der Waals surface area contributed by atoms with Crippen LogP contribution in [-0.4, -0.2) is 4.57 Å². The van der Waals surface area contributed by atoms with Gasteiger partial charge in [-0.2, -0.15) is 0 Å². The highest BCUT2D eigenvalue weighted by Gasteiger charge is 2.52. The first-order valence-corrected chi connectivity index (χ1v) is 21.8. The van der Waals surface area contributed by atoms with E-state index in [1.54, 1.807) is 0 Å². The summed E-state index contributed by atoms with van der Waals surface area (Å²) in [7, 11) is 0. The van der Waals surface area contributed by atoms with E-state index < -0.39 is 5.41 Å². The van der Waals surface area contributed by atoms with Gasteiger partial charge in [0.1, 0.15) is 0 Å². The molecular formula is C61H40N2. The molecule has 0 saturated heterocycles. The number of aromatic nitrogens is 1. The lowest BCUT2D eigenvalue weighted by molar-refractivity contribution is 0.794. The molecule has 0 atom stereocenters. The molecular weight excluding hydrogens is 761 g/mol. The van der Waals surface area contributed by atoms with E-state index in [0.717, 1.165) is 22.7 Å². The summed E-state index contributed by atoms with van der Waals surface area (Å²) >= 11 is 0. The van der Waals surface area contributed by atoms with Gasteiger partial charge in [-0.15, -0.1) is 0 Å². The molecule has 63 heavy (non-hydrogen) atoms. The molecule has 0 amide bonds. The predicted octanol–water partition coefficient (Wildman–Crippen LogP) is 15.9. The van der Waals surface area contributed by atoms with Gasteiger partial charge in [-0.25, -0.2) is 0 Å². The van der Waals surface area contributed by atoms with Gasteiger partial charge in [0, 0.05) is 33.4 Å². The van der Waals surface area contributed by atoms with E-state index in [0.29, 0.717) is 0 Å². The molecule has 2 nitrogen and oxygen atoms in total. The van der Waals surface area contributed by atoms with Gasteiger partial charge in [-0.3, -0.25) is 0 Å². The second kappa shape index (κ2) is 13.9. The van der Waals surface area contributed by atoms with Crippen LogP contribution in [0.1, 0.15) is 22.3 Å². The Labute approximate surface area is 367 Å². The second-order valence-electron chi connectivity index (χ2n) is 16.8. The number of hydrogen-bond donors (Lipinski definition) is 0. The average Bonchev–Trinajstić information content (AvgIpc) is 3.97. The number of benzene rings is 10. The molecule has 11 aromatic rings. The zero-order chi connectivity index (χ0) is 41.5. The number of anilines is 3. The highest BCUT2D eigenvalue weighted by Crippen LogP contribution is 2.64. The molecule has 0 radical (unpaired) electrons. The third-order valence-electron chi connectivity index (χ3n) is 13.6. The SMILES string of the molecule is c1ccc(-c2cccc(N(c3ccc(-c4ccc(-n5c6ccccc6c6ccccc65)cc4)cc3)c3cccc4c3-c3ccccc3C43c4ccccc4-c4ccccc43)c2)cc1. The molecule has 0 saturated carbocycles. The van der Waals surface area contributed by atoms with Crippen LogP contribution in [0, 0.1) is 0 Å². The summed E-state index contributed by atoms with van der Waals surface area (Å²) in [6.07, 6.45) is 0. The van der Waals surface area contributed by atoms with Crippen molar-refractivity contribution in [1.82, 2.24) is 4.57 Å². The normalized spacial score (nSPS) is 12.9. The van der Waals surface area contributed by atoms with E-state index in [4.69, 9.17) is 0 Å². The molecule has 13 rings (SSSR count). The molecule has 1 spiro atoms. The van der Waals surface area contributed by atoms with Crippen LogP contribution in [0.3, 0.4) is 0 Å². The lowest BCUT2D eigenvalue weighted by atomic mass is 9.70. The number of fused-ring (bicyclic) bond motifs is 13. The molecule has 2 aliphatic carbocycles. The first-order valence-electron chi connectivity index (χ1n) is 21.8. The molecule has 1 aromatic heterocycles. The summed E-state index contributed by atoms with van der Waals surface area (Å²) in [5.74, 6) is 0. The van der Waals surface area contributed by atoms with Crippen molar-refractivity contribution in [3.63, 3.8) is 0 Å². The minimum absolute atomic E-state index is 0.429. The molecule has 1 heterocycles. The van der Waals surface area contributed by atoms with Gasteiger partial charge in [0.25, 0.3) is 0 Å². The molecule has 0 N–H and O–H groups in total. The van der Waals surface area contributed by atoms with Gasteiger partial charge in [-0.05, 0) is 116 Å². The van der Waals surface area contributed by atoms with E-state index in [9.17, 15) is 0 Å². The van der Waals surface area contributed by atoms with E-state index in [1.807, 2.05) is 0 Å². The average molecular weight is 801 g/mol. The smallest absolute Gasteiger partial charge is 0.0726 e. The van der Waals surface area contributed by atoms with E-state index in [2.05, 4.69) is 252 Å². The van der Waals surface area contributed by atoms with E-state index in [-0.39, 0.29) is 0 Å². The van der Waals surface area contributed by atoms with Crippen molar-refractivity contribution in [2.45, 2.75) is 5.41 Å². The largest absolute Gasteiger partial charge is 0.310 e. The maximum Gasteiger partial charge on any atom is 0.0726 e. The lowest BCUT2D eigenvalue weighted by Gasteiger charge is -2.32. The molecule has 0 fully saturated rings. The van der Waals surface area contributed by atoms with Crippen LogP contribution < -0.4 is 4.90 Å². The molecule has 0 bridgehead atoms. The Morgan fingerprint density at radius 2 is 0.794 bits per heavy atom. The number of nitrogens with zero attached hydrogens (tertiary/aromatic N) is 2. The Morgan fingerprint density at radius 1 is 0.317 bits per heavy atom. The standard InChI is InChI=1S/C61H40N2/c1-2-16-41(17-3-1)44-18-14-19-47(40-44)62(45-36-32-42(33-37-45)43-34-38-46(39-35-43)63-57-29-12-7-22-50(57)51-23-8-13-30-58(51)63)59-31-15-28-56-60(59)52-24-6-11-27-55(52)61(56)53-25-9-4-20-48(53)49-21-5-10-26-54(49)61/h1-40H. The zero-order valence-corrected chi connectivity index (χ0v) is 34.5. The molecule has 10 aromatic carbocycles. The first kappa shape index (κ1) is 35.5. The van der Waals surface area contributed by atoms with Crippen molar-refractivity contribution >= 4 is 38.9 Å². The fourth-order valence-corrected chi connectivity index (χ4v) is 11.0. The summed E-state index contributed by atoms with van der Waals surface area (Å²) in [5, 5.41) is 2.54. The maximum absolute atomic E-state index is 2.48. The zero-order valence-electron chi connectivity index (χ0n) is 34.5. The third-order valence-corrected chi connectivity index (χ3v) is 13.6. The van der Waals surface area contributed by atoms with Crippen molar-refractivity contribution in [1.29, 1.82) is 0 Å². The first-order chi connectivity index (χ1) is 31.3. The topological polar surface area (TPSA) is 8.17 Å². The minimum Gasteiger partial charge on any atom is -0.310 e. The van der Waals surface area contributed by atoms with Gasteiger partial charge in [0.2, 0.25) is 0 Å². The Kier molecular flexibility index (Phi) is 7.85. The number of hydrogen-bond acceptors (Lipinski definition) is 1. The van der Waals surface area contributed by atoms with Gasteiger partial charge >= 0.3 is 0 Å². The van der Waals surface area contributed by atoms with Crippen LogP contribution in [0.2, 0.25) is 0 Å². The maximum atomic E-state index is 2.48. The molecule has 0 unspecified atom stereocenters. The second-order valence-corrected chi connectivity index (χ2v) is 16.8. The van der Waals surface area contributed by atoms with Gasteiger partial charge in [0.05, 0.1) is 22.1 Å². The third kappa shape index (κ3) is 5.19. The number of para-hydroxylation sites is 2.